The zero-order valence-electron chi connectivity index (χ0n) is 12.7. The molecule has 1 saturated heterocycles. The van der Waals surface area contributed by atoms with E-state index < -0.39 is 0 Å². The monoisotopic (exact) mass is 390 g/mol. The lowest BCUT2D eigenvalue weighted by molar-refractivity contribution is 0.0372. The number of halogens is 1. The van der Waals surface area contributed by atoms with Crippen LogP contribution in [0.3, 0.4) is 0 Å². The van der Waals surface area contributed by atoms with Crippen LogP contribution in [0.4, 0.5) is 17.3 Å². The van der Waals surface area contributed by atoms with Crippen molar-refractivity contribution in [3.63, 3.8) is 0 Å². The predicted molar refractivity (Wildman–Crippen MR) is 90.9 cm³/mol. The summed E-state index contributed by atoms with van der Waals surface area (Å²) in [6, 6.07) is 3.73. The highest BCUT2D eigenvalue weighted by Crippen LogP contribution is 2.23. The van der Waals surface area contributed by atoms with Gasteiger partial charge in [0.05, 0.1) is 30.8 Å². The van der Waals surface area contributed by atoms with Gasteiger partial charge in [0.2, 0.25) is 0 Å². The summed E-state index contributed by atoms with van der Waals surface area (Å²) in [6.45, 7) is 3.07. The van der Waals surface area contributed by atoms with Crippen LogP contribution in [0.25, 0.3) is 0 Å². The Hall–Kier alpha value is -2.35. The Balaban J connectivity index is 1.65. The zero-order chi connectivity index (χ0) is 16.8. The Morgan fingerprint density at radius 3 is 2.96 bits per heavy atom. The molecule has 0 spiro atoms. The maximum Gasteiger partial charge on any atom is 0.158 e. The number of anilines is 3. The first-order chi connectivity index (χ1) is 11.7. The molecule has 10 heteroatoms. The molecule has 1 aliphatic rings. The van der Waals surface area contributed by atoms with E-state index in [-0.39, 0.29) is 11.8 Å². The molecule has 3 N–H and O–H groups in total. The molecule has 9 nitrogen and oxygen atoms in total. The quantitative estimate of drug-likeness (QED) is 0.687. The predicted octanol–water partition coefficient (Wildman–Crippen LogP) is 1.04. The second-order valence-electron chi connectivity index (χ2n) is 5.04. The van der Waals surface area contributed by atoms with Crippen LogP contribution in [0.2, 0.25) is 0 Å². The van der Waals surface area contributed by atoms with E-state index in [1.165, 1.54) is 12.4 Å². The van der Waals surface area contributed by atoms with Crippen LogP contribution >= 0.6 is 15.9 Å². The van der Waals surface area contributed by atoms with Crippen LogP contribution < -0.4 is 16.0 Å². The molecule has 0 radical (unpaired) electrons. The highest BCUT2D eigenvalue weighted by Gasteiger charge is 2.14. The highest BCUT2D eigenvalue weighted by atomic mass is 79.9. The zero-order valence-corrected chi connectivity index (χ0v) is 14.2. The molecule has 0 bridgehead atoms. The van der Waals surface area contributed by atoms with E-state index >= 15 is 0 Å². The normalized spacial score (nSPS) is 17.1. The number of nitrogens with zero attached hydrogens (tertiary/aromatic N) is 5. The summed E-state index contributed by atoms with van der Waals surface area (Å²) in [5.41, 5.74) is 1.05. The van der Waals surface area contributed by atoms with Crippen molar-refractivity contribution >= 4 is 33.3 Å². The van der Waals surface area contributed by atoms with Gasteiger partial charge >= 0.3 is 0 Å². The van der Waals surface area contributed by atoms with Crippen LogP contribution in [-0.2, 0) is 4.74 Å². The highest BCUT2D eigenvalue weighted by molar-refractivity contribution is 9.10. The van der Waals surface area contributed by atoms with Crippen molar-refractivity contribution in [2.45, 2.75) is 6.10 Å². The fraction of sp³-hybridized carbons (Fsp3) is 0.357. The maximum atomic E-state index is 8.73. The number of nitriles is 1. The van der Waals surface area contributed by atoms with Crippen molar-refractivity contribution in [3.05, 3.63) is 28.8 Å². The Bertz CT molecular complexity index is 727. The number of aromatic nitrogens is 4. The standard InChI is InChI=1S/C14H15BrN8O/c15-14-11(19-7-10-6-17-1-2-24-10)3-12(22-23-14)21-13-8-18-9(4-16)5-20-13/h3,5,8,10,17H,1-2,6-7H2,(H2,19,20,21,22). The van der Waals surface area contributed by atoms with Crippen LogP contribution in [-0.4, -0.2) is 52.5 Å². The Kier molecular flexibility index (Phi) is 5.47. The van der Waals surface area contributed by atoms with E-state index in [0.717, 1.165) is 18.8 Å². The van der Waals surface area contributed by atoms with Crippen molar-refractivity contribution in [3.8, 4) is 6.07 Å². The fourth-order valence-corrected chi connectivity index (χ4v) is 2.45. The van der Waals surface area contributed by atoms with E-state index in [0.29, 0.717) is 29.4 Å². The molecule has 0 aliphatic carbocycles. The number of rotatable bonds is 5. The summed E-state index contributed by atoms with van der Waals surface area (Å²) >= 11 is 3.38. The third kappa shape index (κ3) is 4.35. The van der Waals surface area contributed by atoms with Gasteiger partial charge in [0, 0.05) is 25.7 Å². The fourth-order valence-electron chi connectivity index (χ4n) is 2.12. The minimum Gasteiger partial charge on any atom is -0.380 e. The molecule has 2 aromatic heterocycles. The molecule has 1 aliphatic heterocycles. The molecule has 124 valence electrons. The Labute approximate surface area is 147 Å². The van der Waals surface area contributed by atoms with E-state index in [9.17, 15) is 0 Å². The van der Waals surface area contributed by atoms with E-state index in [2.05, 4.69) is 52.0 Å². The largest absolute Gasteiger partial charge is 0.380 e. The summed E-state index contributed by atoms with van der Waals surface area (Å²) in [4.78, 5) is 8.04. The molecule has 24 heavy (non-hydrogen) atoms. The topological polar surface area (TPSA) is 121 Å². The lowest BCUT2D eigenvalue weighted by Gasteiger charge is -2.24. The van der Waals surface area contributed by atoms with Gasteiger partial charge in [-0.15, -0.1) is 10.2 Å². The van der Waals surface area contributed by atoms with E-state index in [1.807, 2.05) is 12.1 Å². The second-order valence-corrected chi connectivity index (χ2v) is 5.79. The minimum atomic E-state index is 0.111. The summed E-state index contributed by atoms with van der Waals surface area (Å²) in [5, 5.41) is 26.4. The van der Waals surface area contributed by atoms with Gasteiger partial charge in [-0.3, -0.25) is 0 Å². The Morgan fingerprint density at radius 1 is 1.33 bits per heavy atom. The van der Waals surface area contributed by atoms with Crippen LogP contribution in [0, 0.1) is 11.3 Å². The molecule has 0 aromatic carbocycles. The van der Waals surface area contributed by atoms with Gasteiger partial charge in [-0.2, -0.15) is 5.26 Å². The van der Waals surface area contributed by atoms with Gasteiger partial charge < -0.3 is 20.7 Å². The molecule has 3 rings (SSSR count). The van der Waals surface area contributed by atoms with E-state index in [4.69, 9.17) is 10.00 Å². The SMILES string of the molecule is N#Cc1cnc(Nc2cc(NCC3CNCCO3)c(Br)nn2)cn1. The van der Waals surface area contributed by atoms with E-state index in [1.54, 1.807) is 0 Å². The lowest BCUT2D eigenvalue weighted by Crippen LogP contribution is -2.42. The van der Waals surface area contributed by atoms with Crippen molar-refractivity contribution < 1.29 is 4.74 Å². The van der Waals surface area contributed by atoms with Crippen molar-refractivity contribution in [2.75, 3.05) is 36.9 Å². The average Bonchev–Trinajstić information content (AvgIpc) is 2.63. The van der Waals surface area contributed by atoms with Gasteiger partial charge in [0.15, 0.2) is 16.1 Å². The first-order valence-electron chi connectivity index (χ1n) is 7.33. The molecule has 1 fully saturated rings. The smallest absolute Gasteiger partial charge is 0.158 e. The van der Waals surface area contributed by atoms with Gasteiger partial charge in [-0.25, -0.2) is 9.97 Å². The first kappa shape index (κ1) is 16.5. The molecule has 1 atom stereocenters. The molecular weight excluding hydrogens is 376 g/mol. The summed E-state index contributed by atoms with van der Waals surface area (Å²) in [5.74, 6) is 0.999. The number of hydrogen-bond donors (Lipinski definition) is 3. The third-order valence-corrected chi connectivity index (χ3v) is 3.88. The number of ether oxygens (including phenoxy) is 1. The second kappa shape index (κ2) is 7.96. The molecular formula is C14H15BrN8O. The number of hydrogen-bond acceptors (Lipinski definition) is 9. The minimum absolute atomic E-state index is 0.111. The third-order valence-electron chi connectivity index (χ3n) is 3.30. The van der Waals surface area contributed by atoms with Crippen LogP contribution in [0.1, 0.15) is 5.69 Å². The first-order valence-corrected chi connectivity index (χ1v) is 8.12. The molecule has 0 saturated carbocycles. The average molecular weight is 391 g/mol. The van der Waals surface area contributed by atoms with Crippen molar-refractivity contribution in [1.29, 1.82) is 5.26 Å². The number of morpholine rings is 1. The summed E-state index contributed by atoms with van der Waals surface area (Å²) < 4.78 is 6.26. The van der Waals surface area contributed by atoms with Crippen molar-refractivity contribution in [2.24, 2.45) is 0 Å². The van der Waals surface area contributed by atoms with Gasteiger partial charge in [-0.05, 0) is 15.9 Å². The summed E-state index contributed by atoms with van der Waals surface area (Å²) in [7, 11) is 0. The molecule has 3 heterocycles. The Morgan fingerprint density at radius 2 is 2.25 bits per heavy atom. The summed E-state index contributed by atoms with van der Waals surface area (Å²) in [6.07, 6.45) is 2.97. The van der Waals surface area contributed by atoms with Gasteiger partial charge in [0.25, 0.3) is 0 Å². The molecule has 2 aromatic rings. The van der Waals surface area contributed by atoms with Gasteiger partial charge in [-0.1, -0.05) is 0 Å². The van der Waals surface area contributed by atoms with Crippen LogP contribution in [0.5, 0.6) is 0 Å². The van der Waals surface area contributed by atoms with Crippen molar-refractivity contribution in [1.82, 2.24) is 25.5 Å². The lowest BCUT2D eigenvalue weighted by atomic mass is 10.3. The van der Waals surface area contributed by atoms with Crippen LogP contribution in [0.15, 0.2) is 23.1 Å². The number of nitrogens with one attached hydrogen (secondary N) is 3. The van der Waals surface area contributed by atoms with Gasteiger partial charge in [0.1, 0.15) is 11.9 Å². The molecule has 1 unspecified atom stereocenters. The molecule has 0 amide bonds. The maximum absolute atomic E-state index is 8.73.